The van der Waals surface area contributed by atoms with Crippen LogP contribution in [0.3, 0.4) is 0 Å². The second-order valence-corrected chi connectivity index (χ2v) is 7.90. The zero-order chi connectivity index (χ0) is 21.1. The Morgan fingerprint density at radius 1 is 1.20 bits per heavy atom. The van der Waals surface area contributed by atoms with Crippen molar-refractivity contribution in [1.82, 2.24) is 9.97 Å². The molecule has 0 bridgehead atoms. The maximum Gasteiger partial charge on any atom is 0.303 e. The third-order valence-corrected chi connectivity index (χ3v) is 5.84. The van der Waals surface area contributed by atoms with Crippen LogP contribution in [0.15, 0.2) is 42.5 Å². The Labute approximate surface area is 177 Å². The van der Waals surface area contributed by atoms with E-state index in [1.165, 1.54) is 7.11 Å². The first kappa shape index (κ1) is 19.9. The molecule has 2 aromatic heterocycles. The van der Waals surface area contributed by atoms with E-state index >= 15 is 0 Å². The van der Waals surface area contributed by atoms with Gasteiger partial charge < -0.3 is 20.3 Å². The number of carboxylic acids is 1. The van der Waals surface area contributed by atoms with Gasteiger partial charge in [-0.2, -0.15) is 0 Å². The Hall–Kier alpha value is -3.39. The number of ether oxygens (including phenoxy) is 1. The number of phenols is 1. The fourth-order valence-electron chi connectivity index (χ4n) is 3.32. The number of anilines is 1. The molecule has 0 radical (unpaired) electrons. The van der Waals surface area contributed by atoms with Crippen LogP contribution in [0.1, 0.15) is 24.2 Å². The van der Waals surface area contributed by atoms with E-state index in [1.54, 1.807) is 23.5 Å². The number of aromatic nitrogens is 2. The summed E-state index contributed by atoms with van der Waals surface area (Å²) in [5.41, 5.74) is 0.934. The van der Waals surface area contributed by atoms with Crippen molar-refractivity contribution in [1.29, 1.82) is 0 Å². The van der Waals surface area contributed by atoms with E-state index in [9.17, 15) is 9.90 Å². The molecule has 154 valence electrons. The lowest BCUT2D eigenvalue weighted by Gasteiger charge is -2.11. The molecule has 0 aliphatic carbocycles. The number of nitrogens with zero attached hydrogens (tertiary/aromatic N) is 2. The first-order valence-electron chi connectivity index (χ1n) is 9.55. The molecule has 0 saturated carbocycles. The second kappa shape index (κ2) is 8.54. The van der Waals surface area contributed by atoms with Crippen LogP contribution in [0.4, 0.5) is 5.82 Å². The number of nitrogens with one attached hydrogen (secondary N) is 1. The van der Waals surface area contributed by atoms with E-state index in [2.05, 4.69) is 22.4 Å². The lowest BCUT2D eigenvalue weighted by Crippen LogP contribution is -2.06. The number of hydrogen-bond acceptors (Lipinski definition) is 7. The van der Waals surface area contributed by atoms with Gasteiger partial charge in [0.25, 0.3) is 0 Å². The molecular formula is C22H21N3O4S. The van der Waals surface area contributed by atoms with Crippen molar-refractivity contribution in [3.05, 3.63) is 53.9 Å². The minimum Gasteiger partial charge on any atom is -0.504 e. The van der Waals surface area contributed by atoms with Crippen LogP contribution in [0, 0.1) is 0 Å². The summed E-state index contributed by atoms with van der Waals surface area (Å²) in [5, 5.41) is 24.1. The summed E-state index contributed by atoms with van der Waals surface area (Å²) < 4.78 is 6.31. The van der Waals surface area contributed by atoms with Gasteiger partial charge in [0.15, 0.2) is 11.5 Å². The number of aliphatic carboxylic acids is 1. The molecule has 4 aromatic rings. The zero-order valence-corrected chi connectivity index (χ0v) is 17.2. The molecule has 0 aliphatic heterocycles. The van der Waals surface area contributed by atoms with E-state index in [0.717, 1.165) is 31.7 Å². The maximum absolute atomic E-state index is 10.8. The number of rotatable bonds is 8. The first-order chi connectivity index (χ1) is 14.5. The molecular weight excluding hydrogens is 402 g/mol. The summed E-state index contributed by atoms with van der Waals surface area (Å²) in [5.74, 6) is 1.03. The van der Waals surface area contributed by atoms with Gasteiger partial charge >= 0.3 is 5.97 Å². The number of aryl methyl sites for hydroxylation is 1. The highest BCUT2D eigenvalue weighted by Crippen LogP contribution is 2.36. The summed E-state index contributed by atoms with van der Waals surface area (Å²) in [4.78, 5) is 21.1. The van der Waals surface area contributed by atoms with Gasteiger partial charge in [-0.25, -0.2) is 9.97 Å². The third kappa shape index (κ3) is 4.13. The van der Waals surface area contributed by atoms with Gasteiger partial charge in [0.2, 0.25) is 0 Å². The molecule has 3 N–H and O–H groups in total. The molecule has 0 saturated heterocycles. The molecule has 0 spiro atoms. The number of thiophene rings is 1. The number of phenolic OH excluding ortho intramolecular Hbond substituents is 1. The molecule has 0 amide bonds. The number of carbonyl (C=O) groups is 1. The molecule has 2 aromatic carbocycles. The first-order valence-corrected chi connectivity index (χ1v) is 10.4. The van der Waals surface area contributed by atoms with Gasteiger partial charge in [-0.3, -0.25) is 4.79 Å². The van der Waals surface area contributed by atoms with Crippen molar-refractivity contribution < 1.29 is 19.7 Å². The Balaban J connectivity index is 1.69. The van der Waals surface area contributed by atoms with Crippen LogP contribution in [0.2, 0.25) is 0 Å². The summed E-state index contributed by atoms with van der Waals surface area (Å²) >= 11 is 1.60. The number of methoxy groups -OCH3 is 1. The second-order valence-electron chi connectivity index (χ2n) is 6.87. The Morgan fingerprint density at radius 2 is 2.03 bits per heavy atom. The molecule has 0 unspecified atom stereocenters. The summed E-state index contributed by atoms with van der Waals surface area (Å²) in [7, 11) is 1.51. The number of fused-ring (bicyclic) bond motifs is 3. The van der Waals surface area contributed by atoms with Crippen LogP contribution >= 0.6 is 11.3 Å². The van der Waals surface area contributed by atoms with Gasteiger partial charge in [-0.15, -0.1) is 11.3 Å². The average Bonchev–Trinajstić information content (AvgIpc) is 3.11. The van der Waals surface area contributed by atoms with Crippen molar-refractivity contribution in [3.8, 4) is 11.5 Å². The molecule has 4 rings (SSSR count). The van der Waals surface area contributed by atoms with Crippen molar-refractivity contribution in [2.24, 2.45) is 0 Å². The predicted octanol–water partition coefficient (Wildman–Crippen LogP) is 4.58. The van der Waals surface area contributed by atoms with E-state index in [4.69, 9.17) is 14.8 Å². The molecule has 7 nitrogen and oxygen atoms in total. The predicted molar refractivity (Wildman–Crippen MR) is 117 cm³/mol. The lowest BCUT2D eigenvalue weighted by molar-refractivity contribution is -0.137. The highest BCUT2D eigenvalue weighted by molar-refractivity contribution is 7.25. The number of aromatic hydroxyl groups is 1. The highest BCUT2D eigenvalue weighted by Gasteiger charge is 2.15. The van der Waals surface area contributed by atoms with Crippen molar-refractivity contribution in [2.75, 3.05) is 12.4 Å². The Kier molecular flexibility index (Phi) is 5.67. The highest BCUT2D eigenvalue weighted by atomic mass is 32.1. The van der Waals surface area contributed by atoms with Crippen molar-refractivity contribution in [2.45, 2.75) is 25.8 Å². The molecule has 0 fully saturated rings. The van der Waals surface area contributed by atoms with Crippen LogP contribution in [-0.2, 0) is 17.8 Å². The third-order valence-electron chi connectivity index (χ3n) is 4.78. The van der Waals surface area contributed by atoms with Crippen LogP contribution in [0.25, 0.3) is 20.3 Å². The van der Waals surface area contributed by atoms with E-state index in [1.807, 2.05) is 18.2 Å². The minimum atomic E-state index is -0.822. The number of benzene rings is 2. The largest absolute Gasteiger partial charge is 0.504 e. The fourth-order valence-corrected chi connectivity index (χ4v) is 4.42. The SMILES string of the molecule is COc1cc(CNc2nc(CCCC(=O)O)nc3sc4ccccc4c23)ccc1O. The van der Waals surface area contributed by atoms with Crippen LogP contribution in [0.5, 0.6) is 11.5 Å². The normalized spacial score (nSPS) is 11.1. The van der Waals surface area contributed by atoms with E-state index in [-0.39, 0.29) is 12.2 Å². The topological polar surface area (TPSA) is 105 Å². The Bertz CT molecular complexity index is 1220. The standard InChI is InChI=1S/C22H21N3O4S/c1-29-16-11-13(9-10-15(16)26)12-23-21-20-14-5-2-3-6-17(14)30-22(20)25-18(24-21)7-4-8-19(27)28/h2-3,5-6,9-11,26H,4,7-8,12H2,1H3,(H,27,28)(H,23,24,25). The van der Waals surface area contributed by atoms with Gasteiger partial charge in [0.05, 0.1) is 12.5 Å². The van der Waals surface area contributed by atoms with Crippen LogP contribution < -0.4 is 10.1 Å². The van der Waals surface area contributed by atoms with Gasteiger partial charge in [-0.05, 0) is 30.2 Å². The van der Waals surface area contributed by atoms with E-state index < -0.39 is 5.97 Å². The molecule has 30 heavy (non-hydrogen) atoms. The molecule has 2 heterocycles. The van der Waals surface area contributed by atoms with Gasteiger partial charge in [0.1, 0.15) is 16.5 Å². The lowest BCUT2D eigenvalue weighted by atomic mass is 10.1. The molecule has 8 heteroatoms. The number of hydrogen-bond donors (Lipinski definition) is 3. The maximum atomic E-state index is 10.8. The molecule has 0 atom stereocenters. The van der Waals surface area contributed by atoms with Crippen molar-refractivity contribution in [3.63, 3.8) is 0 Å². The Morgan fingerprint density at radius 3 is 2.83 bits per heavy atom. The smallest absolute Gasteiger partial charge is 0.303 e. The van der Waals surface area contributed by atoms with Crippen LogP contribution in [-0.4, -0.2) is 33.3 Å². The van der Waals surface area contributed by atoms with Gasteiger partial charge in [0, 0.05) is 29.5 Å². The van der Waals surface area contributed by atoms with E-state index in [0.29, 0.717) is 31.0 Å². The number of carboxylic acid groups (broad SMARTS) is 1. The fraction of sp³-hybridized carbons (Fsp3) is 0.227. The summed E-state index contributed by atoms with van der Waals surface area (Å²) in [6, 6.07) is 13.3. The minimum absolute atomic E-state index is 0.0872. The summed E-state index contributed by atoms with van der Waals surface area (Å²) in [6.45, 7) is 0.488. The molecule has 0 aliphatic rings. The van der Waals surface area contributed by atoms with Crippen molar-refractivity contribution >= 4 is 43.4 Å². The summed E-state index contributed by atoms with van der Waals surface area (Å²) in [6.07, 6.45) is 1.07. The average molecular weight is 423 g/mol. The zero-order valence-electron chi connectivity index (χ0n) is 16.4. The monoisotopic (exact) mass is 423 g/mol. The van der Waals surface area contributed by atoms with Gasteiger partial charge in [-0.1, -0.05) is 24.3 Å². The quantitative estimate of drug-likeness (QED) is 0.381.